The van der Waals surface area contributed by atoms with E-state index >= 15 is 0 Å². The molecule has 4 nitrogen and oxygen atoms in total. The zero-order chi connectivity index (χ0) is 12.5. The Morgan fingerprint density at radius 3 is 2.47 bits per heavy atom. The van der Waals surface area contributed by atoms with Crippen LogP contribution in [0.5, 0.6) is 0 Å². The van der Waals surface area contributed by atoms with E-state index in [1.807, 2.05) is 0 Å². The van der Waals surface area contributed by atoms with Crippen LogP contribution in [0.25, 0.3) is 0 Å². The van der Waals surface area contributed by atoms with Crippen molar-refractivity contribution in [3.05, 3.63) is 0 Å². The third-order valence-electron chi connectivity index (χ3n) is 3.93. The van der Waals surface area contributed by atoms with Crippen molar-refractivity contribution in [3.8, 4) is 0 Å². The number of rotatable bonds is 7. The molecular weight excluding hydrogens is 216 g/mol. The van der Waals surface area contributed by atoms with E-state index in [9.17, 15) is 4.79 Å². The van der Waals surface area contributed by atoms with Crippen molar-refractivity contribution in [2.45, 2.75) is 51.1 Å². The predicted octanol–water partition coefficient (Wildman–Crippen LogP) is 1.31. The molecule has 1 heterocycles. The Bertz CT molecular complexity index is 283. The van der Waals surface area contributed by atoms with Gasteiger partial charge < -0.3 is 10.4 Å². The molecule has 0 aromatic heterocycles. The van der Waals surface area contributed by atoms with E-state index < -0.39 is 5.97 Å². The van der Waals surface area contributed by atoms with Crippen molar-refractivity contribution in [2.75, 3.05) is 19.6 Å². The van der Waals surface area contributed by atoms with E-state index in [-0.39, 0.29) is 12.0 Å². The molecule has 0 unspecified atom stereocenters. The van der Waals surface area contributed by atoms with Crippen LogP contribution in [0.1, 0.15) is 39.5 Å². The highest BCUT2D eigenvalue weighted by Crippen LogP contribution is 2.37. The highest BCUT2D eigenvalue weighted by atomic mass is 16.4. The maximum atomic E-state index is 11.0. The van der Waals surface area contributed by atoms with Crippen molar-refractivity contribution in [3.63, 3.8) is 0 Å². The Labute approximate surface area is 103 Å². The topological polar surface area (TPSA) is 52.6 Å². The Morgan fingerprint density at radius 2 is 2.12 bits per heavy atom. The average molecular weight is 240 g/mol. The highest BCUT2D eigenvalue weighted by molar-refractivity contribution is 5.69. The fourth-order valence-electron chi connectivity index (χ4n) is 2.72. The van der Waals surface area contributed by atoms with Crippen LogP contribution in [0.15, 0.2) is 0 Å². The molecule has 4 heteroatoms. The van der Waals surface area contributed by atoms with Crippen molar-refractivity contribution in [2.24, 2.45) is 5.92 Å². The third-order valence-corrected chi connectivity index (χ3v) is 3.93. The summed E-state index contributed by atoms with van der Waals surface area (Å²) in [4.78, 5) is 13.5. The van der Waals surface area contributed by atoms with Gasteiger partial charge in [0.2, 0.25) is 0 Å². The van der Waals surface area contributed by atoms with Gasteiger partial charge in [-0.25, -0.2) is 0 Å². The maximum Gasteiger partial charge on any atom is 0.305 e. The molecule has 0 spiro atoms. The average Bonchev–Trinajstić information content (AvgIpc) is 2.96. The molecule has 2 aliphatic rings. The highest BCUT2D eigenvalue weighted by Gasteiger charge is 2.49. The van der Waals surface area contributed by atoms with Crippen LogP contribution in [-0.2, 0) is 4.79 Å². The van der Waals surface area contributed by atoms with Gasteiger partial charge >= 0.3 is 5.97 Å². The quantitative estimate of drug-likeness (QED) is 0.704. The van der Waals surface area contributed by atoms with Gasteiger partial charge in [0.15, 0.2) is 0 Å². The van der Waals surface area contributed by atoms with Crippen LogP contribution in [0.4, 0.5) is 0 Å². The first-order valence-corrected chi connectivity index (χ1v) is 6.73. The smallest absolute Gasteiger partial charge is 0.305 e. The maximum absolute atomic E-state index is 11.0. The Balaban J connectivity index is 1.99. The lowest BCUT2D eigenvalue weighted by Gasteiger charge is -2.50. The van der Waals surface area contributed by atoms with Crippen LogP contribution in [0, 0.1) is 5.92 Å². The summed E-state index contributed by atoms with van der Waals surface area (Å²) < 4.78 is 0. The summed E-state index contributed by atoms with van der Waals surface area (Å²) in [7, 11) is 0. The zero-order valence-corrected chi connectivity index (χ0v) is 10.9. The van der Waals surface area contributed by atoms with E-state index in [4.69, 9.17) is 5.11 Å². The van der Waals surface area contributed by atoms with E-state index in [1.165, 1.54) is 12.8 Å². The molecule has 17 heavy (non-hydrogen) atoms. The van der Waals surface area contributed by atoms with Crippen LogP contribution >= 0.6 is 0 Å². The minimum absolute atomic E-state index is 0.0953. The van der Waals surface area contributed by atoms with E-state index in [1.54, 1.807) is 0 Å². The van der Waals surface area contributed by atoms with E-state index in [0.717, 1.165) is 26.1 Å². The van der Waals surface area contributed by atoms with Crippen LogP contribution in [0.3, 0.4) is 0 Å². The van der Waals surface area contributed by atoms with Gasteiger partial charge in [-0.1, -0.05) is 13.8 Å². The Kier molecular flexibility index (Phi) is 3.73. The molecule has 2 fully saturated rings. The Morgan fingerprint density at radius 1 is 1.47 bits per heavy atom. The molecule has 2 N–H and O–H groups in total. The van der Waals surface area contributed by atoms with Gasteiger partial charge in [0.05, 0.1) is 12.0 Å². The summed E-state index contributed by atoms with van der Waals surface area (Å²) in [5.74, 6) is 0.0212. The molecule has 1 saturated carbocycles. The second-order valence-corrected chi connectivity index (χ2v) is 6.01. The summed E-state index contributed by atoms with van der Waals surface area (Å²) in [6.45, 7) is 7.20. The van der Waals surface area contributed by atoms with Gasteiger partial charge in [0.1, 0.15) is 0 Å². The molecule has 98 valence electrons. The molecule has 0 bridgehead atoms. The number of aliphatic carboxylic acids is 1. The summed E-state index contributed by atoms with van der Waals surface area (Å²) >= 11 is 0. The molecule has 0 radical (unpaired) electrons. The van der Waals surface area contributed by atoms with E-state index in [0.29, 0.717) is 12.0 Å². The largest absolute Gasteiger partial charge is 0.481 e. The minimum atomic E-state index is -0.665. The standard InChI is InChI=1S/C13H24N2O2/c1-10(2)5-6-15(11-3-4-11)13(7-12(16)17)8-14-9-13/h10-11,14H,3-9H2,1-2H3,(H,16,17). The van der Waals surface area contributed by atoms with Gasteiger partial charge in [-0.15, -0.1) is 0 Å². The van der Waals surface area contributed by atoms with Gasteiger partial charge in [-0.3, -0.25) is 9.69 Å². The third kappa shape index (κ3) is 2.99. The molecule has 0 amide bonds. The normalized spacial score (nSPS) is 22.8. The first kappa shape index (κ1) is 12.8. The van der Waals surface area contributed by atoms with Crippen molar-refractivity contribution >= 4 is 5.97 Å². The number of carboxylic acids is 1. The molecule has 1 saturated heterocycles. The van der Waals surface area contributed by atoms with Crippen molar-refractivity contribution in [1.82, 2.24) is 10.2 Å². The molecule has 1 aliphatic heterocycles. The second kappa shape index (κ2) is 4.94. The monoisotopic (exact) mass is 240 g/mol. The number of hydrogen-bond donors (Lipinski definition) is 2. The molecule has 1 aliphatic carbocycles. The van der Waals surface area contributed by atoms with Crippen LogP contribution < -0.4 is 5.32 Å². The lowest BCUT2D eigenvalue weighted by Crippen LogP contribution is -2.70. The predicted molar refractivity (Wildman–Crippen MR) is 67.0 cm³/mol. The molecule has 2 rings (SSSR count). The number of nitrogens with zero attached hydrogens (tertiary/aromatic N) is 1. The molecule has 0 atom stereocenters. The van der Waals surface area contributed by atoms with Crippen LogP contribution in [-0.4, -0.2) is 47.2 Å². The summed E-state index contributed by atoms with van der Waals surface area (Å²) in [5, 5.41) is 12.3. The molecule has 0 aromatic rings. The first-order valence-electron chi connectivity index (χ1n) is 6.73. The lowest BCUT2D eigenvalue weighted by molar-refractivity contribution is -0.142. The molecule has 0 aromatic carbocycles. The van der Waals surface area contributed by atoms with Crippen molar-refractivity contribution in [1.29, 1.82) is 0 Å². The summed E-state index contributed by atoms with van der Waals surface area (Å²) in [6.07, 6.45) is 3.95. The summed E-state index contributed by atoms with van der Waals surface area (Å²) in [6, 6.07) is 0.648. The fraction of sp³-hybridized carbons (Fsp3) is 0.923. The van der Waals surface area contributed by atoms with Gasteiger partial charge in [-0.2, -0.15) is 0 Å². The van der Waals surface area contributed by atoms with Gasteiger partial charge in [0.25, 0.3) is 0 Å². The fourth-order valence-corrected chi connectivity index (χ4v) is 2.72. The Hall–Kier alpha value is -0.610. The number of carboxylic acid groups (broad SMARTS) is 1. The van der Waals surface area contributed by atoms with Crippen LogP contribution in [0.2, 0.25) is 0 Å². The summed E-state index contributed by atoms with van der Waals surface area (Å²) in [5.41, 5.74) is -0.0953. The van der Waals surface area contributed by atoms with Crippen molar-refractivity contribution < 1.29 is 9.90 Å². The van der Waals surface area contributed by atoms with Gasteiger partial charge in [0, 0.05) is 19.1 Å². The number of nitrogens with one attached hydrogen (secondary N) is 1. The second-order valence-electron chi connectivity index (χ2n) is 6.01. The molecular formula is C13H24N2O2. The lowest BCUT2D eigenvalue weighted by atomic mass is 9.85. The number of carbonyl (C=O) groups is 1. The minimum Gasteiger partial charge on any atom is -0.481 e. The zero-order valence-electron chi connectivity index (χ0n) is 10.9. The SMILES string of the molecule is CC(C)CCN(C1CC1)C1(CC(=O)O)CNC1. The van der Waals surface area contributed by atoms with Gasteiger partial charge in [-0.05, 0) is 31.7 Å². The van der Waals surface area contributed by atoms with E-state index in [2.05, 4.69) is 24.1 Å². The first-order chi connectivity index (χ1) is 8.03. The number of hydrogen-bond acceptors (Lipinski definition) is 3.